The monoisotopic (exact) mass is 403 g/mol. The molecule has 2 aromatic rings. The van der Waals surface area contributed by atoms with E-state index in [1.54, 1.807) is 0 Å². The Labute approximate surface area is 173 Å². The average Bonchev–Trinajstić information content (AvgIpc) is 3.30. The van der Waals surface area contributed by atoms with Crippen LogP contribution in [0, 0.1) is 13.8 Å². The van der Waals surface area contributed by atoms with Gasteiger partial charge in [-0.25, -0.2) is 4.68 Å². The Hall–Kier alpha value is -1.89. The summed E-state index contributed by atoms with van der Waals surface area (Å²) in [6.07, 6.45) is 1.53. The quantitative estimate of drug-likeness (QED) is 0.847. The van der Waals surface area contributed by atoms with Gasteiger partial charge in [-0.2, -0.15) is 5.10 Å². The number of benzene rings is 1. The fourth-order valence-corrected chi connectivity index (χ4v) is 4.33. The largest absolute Gasteiger partial charge is 0.341 e. The number of nitrogens with zero attached hydrogens (tertiary/aromatic N) is 4. The molecule has 0 bridgehead atoms. The third kappa shape index (κ3) is 4.24. The zero-order valence-electron chi connectivity index (χ0n) is 16.7. The van der Waals surface area contributed by atoms with Crippen LogP contribution in [0.3, 0.4) is 0 Å². The SMILES string of the molecule is Cc1nn(-c2ccccc2)c(C)c1CC(=O)N1CCC(N2CCNCC2)C1.Cl. The highest BCUT2D eigenvalue weighted by atomic mass is 35.5. The lowest BCUT2D eigenvalue weighted by Gasteiger charge is -2.32. The Morgan fingerprint density at radius 1 is 1.14 bits per heavy atom. The van der Waals surface area contributed by atoms with Crippen molar-refractivity contribution in [3.8, 4) is 5.69 Å². The van der Waals surface area contributed by atoms with Crippen LogP contribution < -0.4 is 5.32 Å². The van der Waals surface area contributed by atoms with Crippen molar-refractivity contribution in [2.75, 3.05) is 39.3 Å². The summed E-state index contributed by atoms with van der Waals surface area (Å²) in [5.74, 6) is 0.228. The van der Waals surface area contributed by atoms with Gasteiger partial charge < -0.3 is 10.2 Å². The molecule has 0 radical (unpaired) electrons. The molecule has 6 nitrogen and oxygen atoms in total. The summed E-state index contributed by atoms with van der Waals surface area (Å²) in [4.78, 5) is 17.5. The lowest BCUT2D eigenvalue weighted by Crippen LogP contribution is -2.49. The van der Waals surface area contributed by atoms with Gasteiger partial charge in [0.15, 0.2) is 0 Å². The molecule has 3 heterocycles. The van der Waals surface area contributed by atoms with Crippen LogP contribution in [0.25, 0.3) is 5.69 Å². The van der Waals surface area contributed by atoms with E-state index in [4.69, 9.17) is 0 Å². The molecular weight excluding hydrogens is 374 g/mol. The minimum Gasteiger partial charge on any atom is -0.341 e. The van der Waals surface area contributed by atoms with Crippen LogP contribution in [0.1, 0.15) is 23.4 Å². The van der Waals surface area contributed by atoms with E-state index in [0.29, 0.717) is 12.5 Å². The summed E-state index contributed by atoms with van der Waals surface area (Å²) >= 11 is 0. The van der Waals surface area contributed by atoms with E-state index in [0.717, 1.165) is 68.3 Å². The van der Waals surface area contributed by atoms with Gasteiger partial charge in [0.25, 0.3) is 0 Å². The number of hydrogen-bond acceptors (Lipinski definition) is 4. The van der Waals surface area contributed by atoms with Crippen molar-refractivity contribution in [2.24, 2.45) is 0 Å². The van der Waals surface area contributed by atoms with E-state index in [1.165, 1.54) is 0 Å². The molecule has 0 spiro atoms. The summed E-state index contributed by atoms with van der Waals surface area (Å²) in [5, 5.41) is 8.08. The normalized spacial score (nSPS) is 20.2. The number of carbonyl (C=O) groups excluding carboxylic acids is 1. The number of likely N-dealkylation sites (tertiary alicyclic amines) is 1. The number of hydrogen-bond donors (Lipinski definition) is 1. The third-order valence-corrected chi connectivity index (χ3v) is 5.95. The van der Waals surface area contributed by atoms with Crippen molar-refractivity contribution in [1.29, 1.82) is 0 Å². The zero-order chi connectivity index (χ0) is 18.8. The van der Waals surface area contributed by atoms with Crippen molar-refractivity contribution in [2.45, 2.75) is 32.7 Å². The Bertz CT molecular complexity index is 801. The predicted octanol–water partition coefficient (Wildman–Crippen LogP) is 1.96. The molecule has 2 fully saturated rings. The van der Waals surface area contributed by atoms with Crippen molar-refractivity contribution in [3.63, 3.8) is 0 Å². The van der Waals surface area contributed by atoms with Gasteiger partial charge in [-0.15, -0.1) is 12.4 Å². The number of aromatic nitrogens is 2. The Morgan fingerprint density at radius 3 is 2.57 bits per heavy atom. The molecule has 1 atom stereocenters. The second kappa shape index (κ2) is 9.07. The highest BCUT2D eigenvalue weighted by Gasteiger charge is 2.31. The number of rotatable bonds is 4. The summed E-state index contributed by atoms with van der Waals surface area (Å²) < 4.78 is 1.95. The van der Waals surface area contributed by atoms with Crippen molar-refractivity contribution >= 4 is 18.3 Å². The highest BCUT2D eigenvalue weighted by Crippen LogP contribution is 2.21. The van der Waals surface area contributed by atoms with Gasteiger partial charge in [0.1, 0.15) is 0 Å². The molecule has 1 N–H and O–H groups in total. The number of halogens is 1. The predicted molar refractivity (Wildman–Crippen MR) is 113 cm³/mol. The van der Waals surface area contributed by atoms with E-state index in [9.17, 15) is 4.79 Å². The molecule has 0 aliphatic carbocycles. The molecule has 1 amide bonds. The number of aryl methyl sites for hydroxylation is 1. The maximum absolute atomic E-state index is 13.0. The zero-order valence-corrected chi connectivity index (χ0v) is 17.5. The van der Waals surface area contributed by atoms with E-state index in [2.05, 4.69) is 22.2 Å². The molecule has 4 rings (SSSR count). The third-order valence-electron chi connectivity index (χ3n) is 5.95. The molecule has 0 saturated carbocycles. The second-order valence-corrected chi connectivity index (χ2v) is 7.64. The maximum atomic E-state index is 13.0. The molecule has 28 heavy (non-hydrogen) atoms. The van der Waals surface area contributed by atoms with Gasteiger partial charge >= 0.3 is 0 Å². The smallest absolute Gasteiger partial charge is 0.227 e. The summed E-state index contributed by atoms with van der Waals surface area (Å²) in [6.45, 7) is 10.1. The first-order valence-electron chi connectivity index (χ1n) is 9.96. The molecule has 1 aromatic heterocycles. The number of piperazine rings is 1. The van der Waals surface area contributed by atoms with Gasteiger partial charge in [0.2, 0.25) is 5.91 Å². The summed E-state index contributed by atoms with van der Waals surface area (Å²) in [7, 11) is 0. The first kappa shape index (κ1) is 20.8. The van der Waals surface area contributed by atoms with E-state index in [1.807, 2.05) is 46.8 Å². The molecule has 2 aliphatic heterocycles. The van der Waals surface area contributed by atoms with E-state index >= 15 is 0 Å². The number of carbonyl (C=O) groups is 1. The highest BCUT2D eigenvalue weighted by molar-refractivity contribution is 5.85. The minimum atomic E-state index is 0. The average molecular weight is 404 g/mol. The maximum Gasteiger partial charge on any atom is 0.227 e. The number of para-hydroxylation sites is 1. The Balaban J connectivity index is 0.00000225. The van der Waals surface area contributed by atoms with Gasteiger partial charge in [0, 0.05) is 56.6 Å². The van der Waals surface area contributed by atoms with Gasteiger partial charge in [-0.1, -0.05) is 18.2 Å². The standard InChI is InChI=1S/C21H29N5O.ClH/c1-16-20(17(2)26(23-16)18-6-4-3-5-7-18)14-21(27)25-11-8-19(15-25)24-12-9-22-10-13-24;/h3-7,19,22H,8-15H2,1-2H3;1H. The first-order valence-corrected chi connectivity index (χ1v) is 9.96. The minimum absolute atomic E-state index is 0. The van der Waals surface area contributed by atoms with Crippen LogP contribution in [0.4, 0.5) is 0 Å². The van der Waals surface area contributed by atoms with E-state index in [-0.39, 0.29) is 18.3 Å². The van der Waals surface area contributed by atoms with Crippen LogP contribution in [-0.4, -0.2) is 70.8 Å². The topological polar surface area (TPSA) is 53.4 Å². The molecule has 2 saturated heterocycles. The Kier molecular flexibility index (Phi) is 6.75. The van der Waals surface area contributed by atoms with Gasteiger partial charge in [0.05, 0.1) is 17.8 Å². The van der Waals surface area contributed by atoms with Crippen molar-refractivity contribution in [3.05, 3.63) is 47.3 Å². The number of nitrogens with one attached hydrogen (secondary N) is 1. The first-order chi connectivity index (χ1) is 13.1. The molecular formula is C21H30ClN5O. The summed E-state index contributed by atoms with van der Waals surface area (Å²) in [5.41, 5.74) is 4.11. The Morgan fingerprint density at radius 2 is 1.86 bits per heavy atom. The molecule has 7 heteroatoms. The lowest BCUT2D eigenvalue weighted by atomic mass is 10.1. The van der Waals surface area contributed by atoms with Crippen molar-refractivity contribution in [1.82, 2.24) is 24.9 Å². The lowest BCUT2D eigenvalue weighted by molar-refractivity contribution is -0.129. The molecule has 2 aliphatic rings. The van der Waals surface area contributed by atoms with Crippen LogP contribution >= 0.6 is 12.4 Å². The van der Waals surface area contributed by atoms with Crippen molar-refractivity contribution < 1.29 is 4.79 Å². The van der Waals surface area contributed by atoms with E-state index < -0.39 is 0 Å². The van der Waals surface area contributed by atoms with Crippen LogP contribution in [-0.2, 0) is 11.2 Å². The van der Waals surface area contributed by atoms with Gasteiger partial charge in [-0.05, 0) is 32.4 Å². The van der Waals surface area contributed by atoms with Gasteiger partial charge in [-0.3, -0.25) is 9.69 Å². The number of amides is 1. The second-order valence-electron chi connectivity index (χ2n) is 7.64. The van der Waals surface area contributed by atoms with Crippen LogP contribution in [0.5, 0.6) is 0 Å². The van der Waals surface area contributed by atoms with Crippen LogP contribution in [0.2, 0.25) is 0 Å². The summed E-state index contributed by atoms with van der Waals surface area (Å²) in [6, 6.07) is 10.6. The fraction of sp³-hybridized carbons (Fsp3) is 0.524. The molecule has 1 unspecified atom stereocenters. The molecule has 1 aromatic carbocycles. The fourth-order valence-electron chi connectivity index (χ4n) is 4.33. The van der Waals surface area contributed by atoms with Crippen LogP contribution in [0.15, 0.2) is 30.3 Å². The molecule has 152 valence electrons.